The third-order valence-corrected chi connectivity index (χ3v) is 3.04. The van der Waals surface area contributed by atoms with Gasteiger partial charge in [0, 0.05) is 19.0 Å². The van der Waals surface area contributed by atoms with Crippen molar-refractivity contribution in [1.82, 2.24) is 26.4 Å². The van der Waals surface area contributed by atoms with Crippen molar-refractivity contribution in [3.05, 3.63) is 40.3 Å². The lowest BCUT2D eigenvalue weighted by Gasteiger charge is -2.11. The van der Waals surface area contributed by atoms with Gasteiger partial charge in [0.15, 0.2) is 10.8 Å². The summed E-state index contributed by atoms with van der Waals surface area (Å²) in [6.07, 6.45) is 0. The molecule has 0 saturated heterocycles. The molecule has 2 rings (SSSR count). The monoisotopic (exact) mass is 321 g/mol. The van der Waals surface area contributed by atoms with E-state index in [1.165, 1.54) is 0 Å². The van der Waals surface area contributed by atoms with E-state index in [0.29, 0.717) is 23.9 Å². The van der Waals surface area contributed by atoms with E-state index in [4.69, 9.17) is 17.0 Å². The van der Waals surface area contributed by atoms with Gasteiger partial charge in [0.2, 0.25) is 0 Å². The van der Waals surface area contributed by atoms with E-state index < -0.39 is 5.91 Å². The molecule has 0 unspecified atom stereocenters. The molecule has 8 nitrogen and oxygen atoms in total. The Morgan fingerprint density at radius 2 is 2.05 bits per heavy atom. The molecule has 0 radical (unpaired) electrons. The first-order chi connectivity index (χ1) is 10.6. The Hall–Kier alpha value is -2.52. The van der Waals surface area contributed by atoms with Gasteiger partial charge in [-0.15, -0.1) is 0 Å². The molecule has 0 aliphatic heterocycles. The zero-order chi connectivity index (χ0) is 15.9. The van der Waals surface area contributed by atoms with Gasteiger partial charge in [-0.1, -0.05) is 18.2 Å². The number of fused-ring (bicyclic) bond motifs is 1. The fourth-order valence-corrected chi connectivity index (χ4v) is 1.92. The molecule has 0 aliphatic carbocycles. The molecule has 116 valence electrons. The summed E-state index contributed by atoms with van der Waals surface area (Å²) in [5.41, 5.74) is 4.72. The SMILES string of the molecule is COCCNC(=S)NNC(=O)c1n[nH]c(=O)c2ccccc12. The van der Waals surface area contributed by atoms with Crippen molar-refractivity contribution < 1.29 is 9.53 Å². The minimum Gasteiger partial charge on any atom is -0.383 e. The fourth-order valence-electron chi connectivity index (χ4n) is 1.77. The molecule has 0 bridgehead atoms. The second kappa shape index (κ2) is 7.48. The Bertz CT molecular complexity index is 746. The fraction of sp³-hybridized carbons (Fsp3) is 0.231. The van der Waals surface area contributed by atoms with Gasteiger partial charge in [0.1, 0.15) is 0 Å². The molecule has 9 heteroatoms. The highest BCUT2D eigenvalue weighted by Gasteiger charge is 2.13. The molecular formula is C13H15N5O3S. The third kappa shape index (κ3) is 3.77. The van der Waals surface area contributed by atoms with Gasteiger partial charge in [-0.2, -0.15) is 5.10 Å². The van der Waals surface area contributed by atoms with Crippen molar-refractivity contribution in [1.29, 1.82) is 0 Å². The smallest absolute Gasteiger partial charge is 0.290 e. The van der Waals surface area contributed by atoms with Gasteiger partial charge in [-0.05, 0) is 18.3 Å². The number of nitrogens with zero attached hydrogens (tertiary/aromatic N) is 1. The van der Waals surface area contributed by atoms with Crippen molar-refractivity contribution in [3.8, 4) is 0 Å². The quantitative estimate of drug-likeness (QED) is 0.347. The minimum absolute atomic E-state index is 0.0994. The molecular weight excluding hydrogens is 306 g/mol. The number of amides is 1. The summed E-state index contributed by atoms with van der Waals surface area (Å²) in [6, 6.07) is 6.72. The summed E-state index contributed by atoms with van der Waals surface area (Å²) < 4.78 is 4.87. The molecule has 0 saturated carbocycles. The van der Waals surface area contributed by atoms with Crippen LogP contribution >= 0.6 is 12.2 Å². The normalized spacial score (nSPS) is 10.2. The van der Waals surface area contributed by atoms with Crippen LogP contribution in [-0.2, 0) is 4.74 Å². The number of aromatic nitrogens is 2. The van der Waals surface area contributed by atoms with E-state index in [9.17, 15) is 9.59 Å². The summed E-state index contributed by atoms with van der Waals surface area (Å²) in [7, 11) is 1.58. The van der Waals surface area contributed by atoms with Crippen LogP contribution in [0.25, 0.3) is 10.8 Å². The first-order valence-corrected chi connectivity index (χ1v) is 6.85. The van der Waals surface area contributed by atoms with E-state index >= 15 is 0 Å². The van der Waals surface area contributed by atoms with E-state index in [-0.39, 0.29) is 16.4 Å². The lowest BCUT2D eigenvalue weighted by Crippen LogP contribution is -2.47. The maximum Gasteiger partial charge on any atom is 0.290 e. The van der Waals surface area contributed by atoms with Crippen LogP contribution < -0.4 is 21.7 Å². The number of benzene rings is 1. The number of hydrazine groups is 1. The molecule has 1 aromatic carbocycles. The van der Waals surface area contributed by atoms with Gasteiger partial charge >= 0.3 is 0 Å². The van der Waals surface area contributed by atoms with Gasteiger partial charge in [0.05, 0.1) is 12.0 Å². The van der Waals surface area contributed by atoms with Crippen molar-refractivity contribution in [2.75, 3.05) is 20.3 Å². The van der Waals surface area contributed by atoms with Crippen LogP contribution in [0.2, 0.25) is 0 Å². The zero-order valence-electron chi connectivity index (χ0n) is 11.8. The summed E-state index contributed by atoms with van der Waals surface area (Å²) in [5.74, 6) is -0.511. The van der Waals surface area contributed by atoms with Gasteiger partial charge < -0.3 is 10.1 Å². The Morgan fingerprint density at radius 1 is 1.32 bits per heavy atom. The van der Waals surface area contributed by atoms with Crippen LogP contribution in [0.15, 0.2) is 29.1 Å². The number of aromatic amines is 1. The summed E-state index contributed by atoms with van der Waals surface area (Å²) in [4.78, 5) is 23.8. The highest BCUT2D eigenvalue weighted by molar-refractivity contribution is 7.80. The topological polar surface area (TPSA) is 108 Å². The third-order valence-electron chi connectivity index (χ3n) is 2.79. The van der Waals surface area contributed by atoms with Crippen molar-refractivity contribution in [2.24, 2.45) is 0 Å². The summed E-state index contributed by atoms with van der Waals surface area (Å²) >= 11 is 4.98. The largest absolute Gasteiger partial charge is 0.383 e. The standard InChI is InChI=1S/C13H15N5O3S/c1-21-7-6-14-13(22)18-17-12(20)10-8-4-2-3-5-9(8)11(19)16-15-10/h2-5H,6-7H2,1H3,(H,16,19)(H,17,20)(H2,14,18,22). The maximum absolute atomic E-state index is 12.1. The van der Waals surface area contributed by atoms with E-state index in [2.05, 4.69) is 26.4 Å². The van der Waals surface area contributed by atoms with Crippen molar-refractivity contribution >= 4 is 34.0 Å². The van der Waals surface area contributed by atoms with Crippen LogP contribution in [0.1, 0.15) is 10.5 Å². The first kappa shape index (κ1) is 15.9. The molecule has 1 aromatic heterocycles. The number of hydrogen-bond donors (Lipinski definition) is 4. The number of hydrogen-bond acceptors (Lipinski definition) is 5. The lowest BCUT2D eigenvalue weighted by atomic mass is 10.1. The Kier molecular flexibility index (Phi) is 5.39. The highest BCUT2D eigenvalue weighted by atomic mass is 32.1. The lowest BCUT2D eigenvalue weighted by molar-refractivity contribution is 0.0939. The van der Waals surface area contributed by atoms with E-state index in [1.54, 1.807) is 31.4 Å². The highest BCUT2D eigenvalue weighted by Crippen LogP contribution is 2.11. The second-order valence-corrected chi connectivity index (χ2v) is 4.68. The van der Waals surface area contributed by atoms with Crippen LogP contribution in [0.3, 0.4) is 0 Å². The number of ether oxygens (including phenoxy) is 1. The molecule has 0 aliphatic rings. The van der Waals surface area contributed by atoms with Crippen molar-refractivity contribution in [3.63, 3.8) is 0 Å². The number of carbonyl (C=O) groups excluding carboxylic acids is 1. The molecule has 22 heavy (non-hydrogen) atoms. The van der Waals surface area contributed by atoms with Gasteiger partial charge in [-0.3, -0.25) is 20.4 Å². The Labute approximate surface area is 131 Å². The predicted molar refractivity (Wildman–Crippen MR) is 85.4 cm³/mol. The molecule has 4 N–H and O–H groups in total. The summed E-state index contributed by atoms with van der Waals surface area (Å²) in [6.45, 7) is 1.000. The van der Waals surface area contributed by atoms with E-state index in [0.717, 1.165) is 0 Å². The molecule has 0 fully saturated rings. The van der Waals surface area contributed by atoms with Gasteiger partial charge in [0.25, 0.3) is 11.5 Å². The molecule has 2 aromatic rings. The van der Waals surface area contributed by atoms with Crippen LogP contribution in [0.4, 0.5) is 0 Å². The van der Waals surface area contributed by atoms with Gasteiger partial charge in [-0.25, -0.2) is 5.10 Å². The van der Waals surface area contributed by atoms with Crippen LogP contribution in [0, 0.1) is 0 Å². The number of thiocarbonyl (C=S) groups is 1. The number of nitrogens with one attached hydrogen (secondary N) is 4. The minimum atomic E-state index is -0.511. The maximum atomic E-state index is 12.1. The average molecular weight is 321 g/mol. The number of rotatable bonds is 4. The molecule has 1 heterocycles. The zero-order valence-corrected chi connectivity index (χ0v) is 12.6. The first-order valence-electron chi connectivity index (χ1n) is 6.44. The Balaban J connectivity index is 2.06. The predicted octanol–water partition coefficient (Wildman–Crippen LogP) is -0.322. The Morgan fingerprint density at radius 3 is 2.77 bits per heavy atom. The molecule has 1 amide bonds. The average Bonchev–Trinajstić information content (AvgIpc) is 2.53. The van der Waals surface area contributed by atoms with Crippen molar-refractivity contribution in [2.45, 2.75) is 0 Å². The summed E-state index contributed by atoms with van der Waals surface area (Å²) in [5, 5.41) is 10.0. The second-order valence-electron chi connectivity index (χ2n) is 4.27. The number of methoxy groups -OCH3 is 1. The molecule has 0 spiro atoms. The van der Waals surface area contributed by atoms with Crippen LogP contribution in [-0.4, -0.2) is 41.5 Å². The molecule has 0 atom stereocenters. The van der Waals surface area contributed by atoms with E-state index in [1.807, 2.05) is 0 Å². The van der Waals surface area contributed by atoms with Crippen LogP contribution in [0.5, 0.6) is 0 Å². The number of H-pyrrole nitrogens is 1. The number of carbonyl (C=O) groups is 1.